The van der Waals surface area contributed by atoms with E-state index in [1.807, 2.05) is 0 Å². The molecule has 1 aliphatic carbocycles. The number of nitrogens with one attached hydrogen (secondary N) is 2. The third-order valence-electron chi connectivity index (χ3n) is 3.58. The zero-order valence-corrected chi connectivity index (χ0v) is 11.5. The lowest BCUT2D eigenvalue weighted by Crippen LogP contribution is -2.31. The van der Waals surface area contributed by atoms with E-state index in [4.69, 9.17) is 0 Å². The average molecular weight is 305 g/mol. The molecule has 0 bridgehead atoms. The van der Waals surface area contributed by atoms with Crippen molar-refractivity contribution in [2.24, 2.45) is 5.92 Å². The molecule has 1 aromatic carbocycles. The van der Waals surface area contributed by atoms with E-state index in [1.165, 1.54) is 12.1 Å². The van der Waals surface area contributed by atoms with E-state index >= 15 is 0 Å². The second kappa shape index (κ2) is 5.67. The van der Waals surface area contributed by atoms with Crippen molar-refractivity contribution in [2.45, 2.75) is 18.9 Å². The summed E-state index contributed by atoms with van der Waals surface area (Å²) in [7, 11) is 0. The number of aromatic amines is 1. The molecule has 1 fully saturated rings. The van der Waals surface area contributed by atoms with Crippen LogP contribution in [0.5, 0.6) is 0 Å². The smallest absolute Gasteiger partial charge is 0.272 e. The van der Waals surface area contributed by atoms with Crippen molar-refractivity contribution >= 4 is 5.91 Å². The molecule has 7 heteroatoms. The molecule has 22 heavy (non-hydrogen) atoms. The van der Waals surface area contributed by atoms with E-state index in [0.717, 1.165) is 31.0 Å². The topological polar surface area (TPSA) is 74.8 Å². The van der Waals surface area contributed by atoms with Gasteiger partial charge in [-0.15, -0.1) is 0 Å². The SMILES string of the molecule is O=C(N[C@@H](c1cc(F)ccc1F)C1CC1)c1ccc(=O)[nH]n1. The van der Waals surface area contributed by atoms with Crippen LogP contribution in [0, 0.1) is 17.6 Å². The molecule has 1 amide bonds. The number of carbonyl (C=O) groups is 1. The number of H-pyrrole nitrogens is 1. The molecular weight excluding hydrogens is 292 g/mol. The van der Waals surface area contributed by atoms with Crippen LogP contribution in [0.15, 0.2) is 35.1 Å². The first kappa shape index (κ1) is 14.4. The summed E-state index contributed by atoms with van der Waals surface area (Å²) < 4.78 is 27.3. The summed E-state index contributed by atoms with van der Waals surface area (Å²) >= 11 is 0. The second-order valence-electron chi connectivity index (χ2n) is 5.26. The minimum absolute atomic E-state index is 0.0158. The molecule has 3 rings (SSSR count). The number of hydrogen-bond donors (Lipinski definition) is 2. The van der Waals surface area contributed by atoms with E-state index in [-0.39, 0.29) is 17.2 Å². The van der Waals surface area contributed by atoms with Gasteiger partial charge in [-0.25, -0.2) is 13.9 Å². The molecule has 0 saturated heterocycles. The summed E-state index contributed by atoms with van der Waals surface area (Å²) in [6.07, 6.45) is 1.67. The first-order valence-electron chi connectivity index (χ1n) is 6.86. The Morgan fingerprint density at radius 1 is 1.27 bits per heavy atom. The molecule has 1 atom stereocenters. The van der Waals surface area contributed by atoms with E-state index in [0.29, 0.717) is 0 Å². The molecule has 1 heterocycles. The predicted molar refractivity (Wildman–Crippen MR) is 74.1 cm³/mol. The van der Waals surface area contributed by atoms with E-state index in [9.17, 15) is 18.4 Å². The molecule has 0 spiro atoms. The number of aromatic nitrogens is 2. The van der Waals surface area contributed by atoms with Crippen molar-refractivity contribution in [2.75, 3.05) is 0 Å². The lowest BCUT2D eigenvalue weighted by molar-refractivity contribution is 0.0924. The van der Waals surface area contributed by atoms with Gasteiger partial charge in [-0.3, -0.25) is 9.59 Å². The Bertz CT molecular complexity index is 751. The largest absolute Gasteiger partial charge is 0.343 e. The zero-order chi connectivity index (χ0) is 15.7. The van der Waals surface area contributed by atoms with E-state index in [1.54, 1.807) is 0 Å². The molecule has 1 aromatic heterocycles. The van der Waals surface area contributed by atoms with E-state index < -0.39 is 29.1 Å². The van der Waals surface area contributed by atoms with Crippen molar-refractivity contribution in [3.05, 3.63) is 63.6 Å². The fraction of sp³-hybridized carbons (Fsp3) is 0.267. The lowest BCUT2D eigenvalue weighted by Gasteiger charge is -2.19. The molecule has 5 nitrogen and oxygen atoms in total. The van der Waals surface area contributed by atoms with Gasteiger partial charge in [-0.05, 0) is 43.0 Å². The number of amides is 1. The van der Waals surface area contributed by atoms with Crippen LogP contribution < -0.4 is 10.9 Å². The Balaban J connectivity index is 1.86. The van der Waals surface area contributed by atoms with Gasteiger partial charge in [-0.2, -0.15) is 5.10 Å². The summed E-state index contributed by atoms with van der Waals surface area (Å²) in [6, 6.07) is 5.02. The van der Waals surface area contributed by atoms with Crippen LogP contribution in [0.3, 0.4) is 0 Å². The second-order valence-corrected chi connectivity index (χ2v) is 5.26. The monoisotopic (exact) mass is 305 g/mol. The number of nitrogens with zero attached hydrogens (tertiary/aromatic N) is 1. The Labute approximate surface area is 124 Å². The highest BCUT2D eigenvalue weighted by Gasteiger charge is 2.35. The van der Waals surface area contributed by atoms with Gasteiger partial charge in [-0.1, -0.05) is 0 Å². The third kappa shape index (κ3) is 3.03. The van der Waals surface area contributed by atoms with Crippen LogP contribution in [-0.2, 0) is 0 Å². The summed E-state index contributed by atoms with van der Waals surface area (Å²) in [5.41, 5.74) is -0.284. The van der Waals surface area contributed by atoms with Crippen LogP contribution in [0.4, 0.5) is 8.78 Å². The third-order valence-corrected chi connectivity index (χ3v) is 3.58. The van der Waals surface area contributed by atoms with Gasteiger partial charge in [0.15, 0.2) is 0 Å². The Morgan fingerprint density at radius 3 is 2.68 bits per heavy atom. The lowest BCUT2D eigenvalue weighted by atomic mass is 10.0. The molecule has 1 aliphatic rings. The number of rotatable bonds is 4. The van der Waals surface area contributed by atoms with Gasteiger partial charge in [0.25, 0.3) is 11.5 Å². The maximum absolute atomic E-state index is 13.9. The molecule has 0 aliphatic heterocycles. The summed E-state index contributed by atoms with van der Waals surface area (Å²) in [5.74, 6) is -1.59. The molecule has 2 aromatic rings. The van der Waals surface area contributed by atoms with Crippen molar-refractivity contribution in [3.63, 3.8) is 0 Å². The van der Waals surface area contributed by atoms with Crippen molar-refractivity contribution in [3.8, 4) is 0 Å². The van der Waals surface area contributed by atoms with Crippen molar-refractivity contribution in [1.29, 1.82) is 0 Å². The average Bonchev–Trinajstić information content (AvgIpc) is 3.33. The first-order valence-corrected chi connectivity index (χ1v) is 6.86. The number of carbonyl (C=O) groups excluding carboxylic acids is 1. The van der Waals surface area contributed by atoms with Gasteiger partial charge in [0.05, 0.1) is 6.04 Å². The van der Waals surface area contributed by atoms with E-state index in [2.05, 4.69) is 15.5 Å². The van der Waals surface area contributed by atoms with Crippen LogP contribution in [-0.4, -0.2) is 16.1 Å². The van der Waals surface area contributed by atoms with Crippen molar-refractivity contribution in [1.82, 2.24) is 15.5 Å². The highest BCUT2D eigenvalue weighted by molar-refractivity contribution is 5.92. The Hall–Kier alpha value is -2.57. The summed E-state index contributed by atoms with van der Waals surface area (Å²) in [5, 5.41) is 8.45. The van der Waals surface area contributed by atoms with Crippen LogP contribution in [0.1, 0.15) is 34.9 Å². The Kier molecular flexibility index (Phi) is 3.70. The number of halogens is 2. The molecule has 0 unspecified atom stereocenters. The maximum Gasteiger partial charge on any atom is 0.272 e. The number of benzene rings is 1. The standard InChI is InChI=1S/C15H13F2N3O2/c16-9-3-4-11(17)10(7-9)14(8-1-2-8)18-15(22)12-5-6-13(21)20-19-12/h3-8,14H,1-2H2,(H,18,22)(H,20,21)/t14-/m1/s1. The quantitative estimate of drug-likeness (QED) is 0.906. The van der Waals surface area contributed by atoms with Gasteiger partial charge < -0.3 is 5.32 Å². The fourth-order valence-corrected chi connectivity index (χ4v) is 2.32. The highest BCUT2D eigenvalue weighted by Crippen LogP contribution is 2.41. The first-order chi connectivity index (χ1) is 10.5. The zero-order valence-electron chi connectivity index (χ0n) is 11.5. The molecule has 0 radical (unpaired) electrons. The molecule has 114 valence electrons. The van der Waals surface area contributed by atoms with Gasteiger partial charge in [0, 0.05) is 11.6 Å². The molecular formula is C15H13F2N3O2. The Morgan fingerprint density at radius 2 is 2.05 bits per heavy atom. The summed E-state index contributed by atoms with van der Waals surface area (Å²) in [4.78, 5) is 23.1. The molecule has 2 N–H and O–H groups in total. The van der Waals surface area contributed by atoms with Crippen LogP contribution in [0.25, 0.3) is 0 Å². The van der Waals surface area contributed by atoms with Gasteiger partial charge in [0.1, 0.15) is 17.3 Å². The van der Waals surface area contributed by atoms with Crippen LogP contribution >= 0.6 is 0 Å². The van der Waals surface area contributed by atoms with Gasteiger partial charge >= 0.3 is 0 Å². The highest BCUT2D eigenvalue weighted by atomic mass is 19.1. The predicted octanol–water partition coefficient (Wildman–Crippen LogP) is 1.93. The van der Waals surface area contributed by atoms with Crippen LogP contribution in [0.2, 0.25) is 0 Å². The minimum atomic E-state index is -0.614. The minimum Gasteiger partial charge on any atom is -0.343 e. The summed E-state index contributed by atoms with van der Waals surface area (Å²) in [6.45, 7) is 0. The fourth-order valence-electron chi connectivity index (χ4n) is 2.32. The van der Waals surface area contributed by atoms with Gasteiger partial charge in [0.2, 0.25) is 0 Å². The maximum atomic E-state index is 13.9. The molecule has 1 saturated carbocycles. The normalized spacial score (nSPS) is 15.4. The van der Waals surface area contributed by atoms with Crippen molar-refractivity contribution < 1.29 is 13.6 Å². The number of hydrogen-bond acceptors (Lipinski definition) is 3.